The number of hydrogen-bond donors (Lipinski definition) is 1. The second-order valence-corrected chi connectivity index (χ2v) is 7.40. The maximum atomic E-state index is 6.01. The van der Waals surface area contributed by atoms with Gasteiger partial charge in [0.25, 0.3) is 0 Å². The normalized spacial score (nSPS) is 14.2. The molecule has 0 aliphatic heterocycles. The largest absolute Gasteiger partial charge is 0.483 e. The molecule has 2 atom stereocenters. The van der Waals surface area contributed by atoms with Crippen LogP contribution in [0.5, 0.6) is 5.75 Å². The van der Waals surface area contributed by atoms with Crippen LogP contribution in [-0.2, 0) is 0 Å². The second kappa shape index (κ2) is 6.19. The van der Waals surface area contributed by atoms with Crippen molar-refractivity contribution in [3.05, 3.63) is 49.5 Å². The first-order valence-electron chi connectivity index (χ1n) is 5.49. The molecule has 0 saturated carbocycles. The van der Waals surface area contributed by atoms with E-state index in [9.17, 15) is 0 Å². The maximum Gasteiger partial charge on any atom is 0.148 e. The summed E-state index contributed by atoms with van der Waals surface area (Å²) < 4.78 is 8.09. The molecule has 0 aliphatic carbocycles. The molecular formula is C13H13Br2NOS. The lowest BCUT2D eigenvalue weighted by Gasteiger charge is -2.21. The summed E-state index contributed by atoms with van der Waals surface area (Å²) >= 11 is 8.51. The Morgan fingerprint density at radius 2 is 1.78 bits per heavy atom. The Bertz CT molecular complexity index is 510. The van der Waals surface area contributed by atoms with E-state index in [1.807, 2.05) is 43.3 Å². The molecule has 5 heteroatoms. The standard InChI is InChI=1S/C13H13Br2NOS/c1-8(16)13(11-6-7-12(15)18-11)17-10-4-2-9(14)3-5-10/h2-8,13H,16H2,1H3. The highest BCUT2D eigenvalue weighted by Crippen LogP contribution is 2.32. The minimum Gasteiger partial charge on any atom is -0.483 e. The lowest BCUT2D eigenvalue weighted by molar-refractivity contribution is 0.184. The van der Waals surface area contributed by atoms with Crippen molar-refractivity contribution in [2.75, 3.05) is 0 Å². The van der Waals surface area contributed by atoms with E-state index in [0.717, 1.165) is 18.9 Å². The number of ether oxygens (including phenoxy) is 1. The molecule has 2 rings (SSSR count). The highest BCUT2D eigenvalue weighted by atomic mass is 79.9. The first-order chi connectivity index (χ1) is 8.56. The predicted octanol–water partition coefficient (Wildman–Crippen LogP) is 4.74. The number of hydrogen-bond acceptors (Lipinski definition) is 3. The van der Waals surface area contributed by atoms with Gasteiger partial charge in [0.2, 0.25) is 0 Å². The van der Waals surface area contributed by atoms with Crippen LogP contribution in [0.2, 0.25) is 0 Å². The Kier molecular flexibility index (Phi) is 4.84. The number of thiophene rings is 1. The number of benzene rings is 1. The molecule has 96 valence electrons. The third-order valence-corrected chi connectivity index (χ3v) is 4.64. The first kappa shape index (κ1) is 14.1. The van der Waals surface area contributed by atoms with E-state index in [2.05, 4.69) is 31.9 Å². The first-order valence-corrected chi connectivity index (χ1v) is 7.89. The molecule has 0 saturated heterocycles. The molecule has 0 aliphatic rings. The van der Waals surface area contributed by atoms with Crippen molar-refractivity contribution in [2.24, 2.45) is 5.73 Å². The van der Waals surface area contributed by atoms with Crippen molar-refractivity contribution in [3.63, 3.8) is 0 Å². The third kappa shape index (κ3) is 3.57. The Hall–Kier alpha value is -0.360. The Morgan fingerprint density at radius 3 is 2.28 bits per heavy atom. The second-order valence-electron chi connectivity index (χ2n) is 3.99. The fraction of sp³-hybridized carbons (Fsp3) is 0.231. The zero-order valence-electron chi connectivity index (χ0n) is 9.77. The van der Waals surface area contributed by atoms with Gasteiger partial charge < -0.3 is 10.5 Å². The monoisotopic (exact) mass is 389 g/mol. The quantitative estimate of drug-likeness (QED) is 0.818. The molecule has 1 heterocycles. The van der Waals surface area contributed by atoms with Crippen molar-refractivity contribution < 1.29 is 4.74 Å². The van der Waals surface area contributed by atoms with Gasteiger partial charge in [-0.25, -0.2) is 0 Å². The summed E-state index contributed by atoms with van der Waals surface area (Å²) in [5.74, 6) is 0.824. The molecule has 0 radical (unpaired) electrons. The fourth-order valence-corrected chi connectivity index (χ4v) is 3.40. The van der Waals surface area contributed by atoms with E-state index in [1.54, 1.807) is 11.3 Å². The Labute approximate surface area is 127 Å². The average Bonchev–Trinajstić information content (AvgIpc) is 2.74. The highest BCUT2D eigenvalue weighted by Gasteiger charge is 2.20. The van der Waals surface area contributed by atoms with Crippen molar-refractivity contribution in [3.8, 4) is 5.75 Å². The van der Waals surface area contributed by atoms with Crippen molar-refractivity contribution in [1.82, 2.24) is 0 Å². The van der Waals surface area contributed by atoms with E-state index in [1.165, 1.54) is 0 Å². The minimum absolute atomic E-state index is 0.0702. The summed E-state index contributed by atoms with van der Waals surface area (Å²) in [6, 6.07) is 11.8. The van der Waals surface area contributed by atoms with Gasteiger partial charge in [-0.15, -0.1) is 11.3 Å². The van der Waals surface area contributed by atoms with Crippen molar-refractivity contribution in [2.45, 2.75) is 19.1 Å². The predicted molar refractivity (Wildman–Crippen MR) is 83.2 cm³/mol. The number of nitrogens with two attached hydrogens (primary N) is 1. The molecule has 1 aromatic carbocycles. The van der Waals surface area contributed by atoms with Crippen LogP contribution in [0.1, 0.15) is 17.9 Å². The molecule has 0 fully saturated rings. The fourth-order valence-electron chi connectivity index (χ4n) is 1.57. The number of rotatable bonds is 4. The van der Waals surface area contributed by atoms with Crippen LogP contribution in [0.15, 0.2) is 44.7 Å². The van der Waals surface area contributed by atoms with Crippen LogP contribution >= 0.6 is 43.2 Å². The van der Waals surface area contributed by atoms with Crippen molar-refractivity contribution >= 4 is 43.2 Å². The van der Waals surface area contributed by atoms with Crippen LogP contribution in [0.3, 0.4) is 0 Å². The molecule has 2 N–H and O–H groups in total. The Morgan fingerprint density at radius 1 is 1.11 bits per heavy atom. The van der Waals surface area contributed by atoms with Gasteiger partial charge in [-0.1, -0.05) is 15.9 Å². The van der Waals surface area contributed by atoms with E-state index in [0.29, 0.717) is 0 Å². The summed E-state index contributed by atoms with van der Waals surface area (Å²) in [5.41, 5.74) is 6.01. The molecule has 0 amide bonds. The number of halogens is 2. The summed E-state index contributed by atoms with van der Waals surface area (Å²) in [4.78, 5) is 1.12. The molecule has 0 spiro atoms. The molecule has 0 bridgehead atoms. The minimum atomic E-state index is -0.123. The van der Waals surface area contributed by atoms with Gasteiger partial charge in [0.15, 0.2) is 0 Å². The SMILES string of the molecule is CC(N)C(Oc1ccc(Br)cc1)c1ccc(Br)s1. The zero-order valence-corrected chi connectivity index (χ0v) is 13.8. The molecule has 2 unspecified atom stereocenters. The maximum absolute atomic E-state index is 6.01. The van der Waals surface area contributed by atoms with Gasteiger partial charge in [0.1, 0.15) is 11.9 Å². The summed E-state index contributed by atoms with van der Waals surface area (Å²) in [6.07, 6.45) is -0.123. The highest BCUT2D eigenvalue weighted by molar-refractivity contribution is 9.11. The van der Waals surface area contributed by atoms with E-state index >= 15 is 0 Å². The average molecular weight is 391 g/mol. The van der Waals surface area contributed by atoms with Crippen LogP contribution in [0.25, 0.3) is 0 Å². The van der Waals surface area contributed by atoms with E-state index in [4.69, 9.17) is 10.5 Å². The van der Waals surface area contributed by atoms with Crippen LogP contribution in [0, 0.1) is 0 Å². The van der Waals surface area contributed by atoms with Gasteiger partial charge in [0, 0.05) is 15.4 Å². The molecular weight excluding hydrogens is 378 g/mol. The Balaban J connectivity index is 2.19. The summed E-state index contributed by atoms with van der Waals surface area (Å²) in [5, 5.41) is 0. The smallest absolute Gasteiger partial charge is 0.148 e. The topological polar surface area (TPSA) is 35.2 Å². The third-order valence-electron chi connectivity index (χ3n) is 2.43. The molecule has 2 aromatic rings. The van der Waals surface area contributed by atoms with Gasteiger partial charge in [0.05, 0.1) is 3.79 Å². The lowest BCUT2D eigenvalue weighted by atomic mass is 10.1. The van der Waals surface area contributed by atoms with Crippen LogP contribution in [-0.4, -0.2) is 6.04 Å². The van der Waals surface area contributed by atoms with Crippen LogP contribution in [0.4, 0.5) is 0 Å². The zero-order chi connectivity index (χ0) is 13.1. The molecule has 2 nitrogen and oxygen atoms in total. The van der Waals surface area contributed by atoms with Crippen LogP contribution < -0.4 is 10.5 Å². The summed E-state index contributed by atoms with van der Waals surface area (Å²) in [7, 11) is 0. The van der Waals surface area contributed by atoms with E-state index < -0.39 is 0 Å². The molecule has 1 aromatic heterocycles. The summed E-state index contributed by atoms with van der Waals surface area (Å²) in [6.45, 7) is 1.96. The van der Waals surface area contributed by atoms with Gasteiger partial charge in [-0.05, 0) is 59.3 Å². The van der Waals surface area contributed by atoms with Crippen molar-refractivity contribution in [1.29, 1.82) is 0 Å². The van der Waals surface area contributed by atoms with Gasteiger partial charge >= 0.3 is 0 Å². The molecule has 18 heavy (non-hydrogen) atoms. The van der Waals surface area contributed by atoms with Gasteiger partial charge in [-0.2, -0.15) is 0 Å². The van der Waals surface area contributed by atoms with Gasteiger partial charge in [-0.3, -0.25) is 0 Å². The van der Waals surface area contributed by atoms with E-state index in [-0.39, 0.29) is 12.1 Å². The lowest BCUT2D eigenvalue weighted by Crippen LogP contribution is -2.28.